The Morgan fingerprint density at radius 3 is 2.71 bits per heavy atom. The van der Waals surface area contributed by atoms with E-state index in [1.807, 2.05) is 45.9 Å². The number of aliphatic hydroxyl groups is 1. The molecule has 0 saturated carbocycles. The fourth-order valence-electron chi connectivity index (χ4n) is 2.69. The molecule has 0 spiro atoms. The number of benzene rings is 1. The maximum absolute atomic E-state index is 12.0. The Kier molecular flexibility index (Phi) is 7.51. The molecule has 0 aromatic heterocycles. The number of carbonyl (C=O) groups is 1. The molecule has 1 unspecified atom stereocenters. The summed E-state index contributed by atoms with van der Waals surface area (Å²) < 4.78 is 10.5. The normalized spacial score (nSPS) is 16.2. The van der Waals surface area contributed by atoms with Gasteiger partial charge in [-0.3, -0.25) is 4.99 Å². The van der Waals surface area contributed by atoms with Crippen LogP contribution in [0.15, 0.2) is 29.3 Å². The summed E-state index contributed by atoms with van der Waals surface area (Å²) in [5.41, 5.74) is 0.251. The predicted molar refractivity (Wildman–Crippen MR) is 109 cm³/mol. The quantitative estimate of drug-likeness (QED) is 0.506. The Bertz CT molecular complexity index is 681. The van der Waals surface area contributed by atoms with Gasteiger partial charge in [-0.2, -0.15) is 0 Å². The van der Waals surface area contributed by atoms with Crippen molar-refractivity contribution in [3.8, 4) is 5.75 Å². The lowest BCUT2D eigenvalue weighted by molar-refractivity contribution is 0.00700. The van der Waals surface area contributed by atoms with Gasteiger partial charge in [0, 0.05) is 19.6 Å². The van der Waals surface area contributed by atoms with Crippen molar-refractivity contribution in [2.24, 2.45) is 4.99 Å². The minimum atomic E-state index is -0.731. The second-order valence-electron chi connectivity index (χ2n) is 7.74. The third kappa shape index (κ3) is 6.60. The van der Waals surface area contributed by atoms with Crippen LogP contribution in [0, 0.1) is 0 Å². The number of aliphatic imine (C=N–C) groups is 1. The maximum atomic E-state index is 12.0. The molecule has 3 N–H and O–H groups in total. The standard InChI is InChI=1S/C20H32N4O4/c1-6-21-18(22-11-17(25)14-8-7-9-16(10-14)27-5)23-15-12-24(13-15)19(26)28-20(2,3)4/h7-10,15,17,25H,6,11-13H2,1-5H3,(H2,21,22,23). The van der Waals surface area contributed by atoms with Crippen LogP contribution in [0.1, 0.15) is 39.4 Å². The third-order valence-electron chi connectivity index (χ3n) is 4.12. The van der Waals surface area contributed by atoms with E-state index >= 15 is 0 Å². The fraction of sp³-hybridized carbons (Fsp3) is 0.600. The topological polar surface area (TPSA) is 95.4 Å². The van der Waals surface area contributed by atoms with Crippen LogP contribution >= 0.6 is 0 Å². The Hall–Kier alpha value is -2.48. The van der Waals surface area contributed by atoms with Crippen LogP contribution in [0.4, 0.5) is 4.79 Å². The van der Waals surface area contributed by atoms with Crippen molar-refractivity contribution in [2.45, 2.75) is 45.4 Å². The molecule has 0 aliphatic carbocycles. The monoisotopic (exact) mass is 392 g/mol. The summed E-state index contributed by atoms with van der Waals surface area (Å²) in [6.45, 7) is 9.55. The Labute approximate surface area is 166 Å². The van der Waals surface area contributed by atoms with E-state index in [1.165, 1.54) is 0 Å². The van der Waals surface area contributed by atoms with E-state index in [2.05, 4.69) is 15.6 Å². The summed E-state index contributed by atoms with van der Waals surface area (Å²) >= 11 is 0. The molecular formula is C20H32N4O4. The summed E-state index contributed by atoms with van der Waals surface area (Å²) in [7, 11) is 1.59. The molecule has 1 aromatic carbocycles. The zero-order valence-electron chi connectivity index (χ0n) is 17.4. The van der Waals surface area contributed by atoms with E-state index in [9.17, 15) is 9.90 Å². The first-order chi connectivity index (χ1) is 13.2. The van der Waals surface area contributed by atoms with Crippen LogP contribution < -0.4 is 15.4 Å². The molecule has 1 atom stereocenters. The van der Waals surface area contributed by atoms with Gasteiger partial charge in [0.2, 0.25) is 0 Å². The minimum Gasteiger partial charge on any atom is -0.497 e. The molecule has 0 bridgehead atoms. The third-order valence-corrected chi connectivity index (χ3v) is 4.12. The lowest BCUT2D eigenvalue weighted by Crippen LogP contribution is -2.63. The minimum absolute atomic E-state index is 0.0966. The first-order valence-electron chi connectivity index (χ1n) is 9.56. The van der Waals surface area contributed by atoms with Crippen molar-refractivity contribution < 1.29 is 19.4 Å². The summed E-state index contributed by atoms with van der Waals surface area (Å²) in [4.78, 5) is 18.1. The van der Waals surface area contributed by atoms with Crippen LogP contribution in [-0.4, -0.2) is 67.0 Å². The van der Waals surface area contributed by atoms with Crippen molar-refractivity contribution in [3.63, 3.8) is 0 Å². The highest BCUT2D eigenvalue weighted by atomic mass is 16.6. The van der Waals surface area contributed by atoms with E-state index in [0.717, 1.165) is 5.56 Å². The van der Waals surface area contributed by atoms with E-state index in [-0.39, 0.29) is 18.7 Å². The number of nitrogens with zero attached hydrogens (tertiary/aromatic N) is 2. The number of hydrogen-bond donors (Lipinski definition) is 3. The summed E-state index contributed by atoms with van der Waals surface area (Å²) in [6.07, 6.45) is -1.04. The molecule has 1 aliphatic heterocycles. The van der Waals surface area contributed by atoms with Crippen LogP contribution in [0.2, 0.25) is 0 Å². The average Bonchev–Trinajstić information content (AvgIpc) is 2.60. The van der Waals surface area contributed by atoms with Gasteiger partial charge in [0.15, 0.2) is 5.96 Å². The zero-order chi connectivity index (χ0) is 20.7. The van der Waals surface area contributed by atoms with Crippen molar-refractivity contribution in [2.75, 3.05) is 33.3 Å². The lowest BCUT2D eigenvalue weighted by atomic mass is 10.1. The van der Waals surface area contributed by atoms with Crippen LogP contribution in [0.3, 0.4) is 0 Å². The van der Waals surface area contributed by atoms with Crippen molar-refractivity contribution in [3.05, 3.63) is 29.8 Å². The molecular weight excluding hydrogens is 360 g/mol. The first kappa shape index (κ1) is 21.8. The summed E-state index contributed by atoms with van der Waals surface area (Å²) in [6, 6.07) is 7.40. The molecule has 0 radical (unpaired) electrons. The van der Waals surface area contributed by atoms with Gasteiger partial charge in [0.05, 0.1) is 25.8 Å². The number of amides is 1. The summed E-state index contributed by atoms with van der Waals surface area (Å²) in [5, 5.41) is 16.8. The Morgan fingerprint density at radius 2 is 2.11 bits per heavy atom. The van der Waals surface area contributed by atoms with E-state index < -0.39 is 11.7 Å². The molecule has 1 aromatic rings. The molecule has 156 valence electrons. The number of rotatable bonds is 6. The molecule has 1 saturated heterocycles. The first-order valence-corrected chi connectivity index (χ1v) is 9.56. The lowest BCUT2D eigenvalue weighted by Gasteiger charge is -2.40. The Balaban J connectivity index is 1.87. The highest BCUT2D eigenvalue weighted by Crippen LogP contribution is 2.19. The smallest absolute Gasteiger partial charge is 0.410 e. The van der Waals surface area contributed by atoms with E-state index in [0.29, 0.717) is 31.3 Å². The highest BCUT2D eigenvalue weighted by Gasteiger charge is 2.34. The number of likely N-dealkylation sites (tertiary alicyclic amines) is 1. The SMILES string of the molecule is CCNC(=NCC(O)c1cccc(OC)c1)NC1CN(C(=O)OC(C)(C)C)C1. The zero-order valence-corrected chi connectivity index (χ0v) is 17.4. The van der Waals surface area contributed by atoms with Crippen molar-refractivity contribution >= 4 is 12.1 Å². The average molecular weight is 393 g/mol. The second-order valence-corrected chi connectivity index (χ2v) is 7.74. The van der Waals surface area contributed by atoms with Gasteiger partial charge in [0.1, 0.15) is 11.4 Å². The van der Waals surface area contributed by atoms with Gasteiger partial charge in [-0.1, -0.05) is 12.1 Å². The van der Waals surface area contributed by atoms with Gasteiger partial charge >= 0.3 is 6.09 Å². The predicted octanol–water partition coefficient (Wildman–Crippen LogP) is 1.90. The number of guanidine groups is 1. The van der Waals surface area contributed by atoms with Gasteiger partial charge in [0.25, 0.3) is 0 Å². The van der Waals surface area contributed by atoms with Gasteiger partial charge in [-0.05, 0) is 45.4 Å². The van der Waals surface area contributed by atoms with E-state index in [1.54, 1.807) is 18.1 Å². The maximum Gasteiger partial charge on any atom is 0.410 e. The van der Waals surface area contributed by atoms with Crippen molar-refractivity contribution in [1.29, 1.82) is 0 Å². The van der Waals surface area contributed by atoms with Gasteiger partial charge < -0.3 is 30.1 Å². The van der Waals surface area contributed by atoms with Crippen molar-refractivity contribution in [1.82, 2.24) is 15.5 Å². The molecule has 28 heavy (non-hydrogen) atoms. The molecule has 1 fully saturated rings. The summed E-state index contributed by atoms with van der Waals surface area (Å²) in [5.74, 6) is 1.31. The number of hydrogen-bond acceptors (Lipinski definition) is 5. The number of methoxy groups -OCH3 is 1. The van der Waals surface area contributed by atoms with Crippen LogP contribution in [0.5, 0.6) is 5.75 Å². The van der Waals surface area contributed by atoms with E-state index in [4.69, 9.17) is 9.47 Å². The molecule has 2 rings (SSSR count). The molecule has 1 amide bonds. The van der Waals surface area contributed by atoms with Gasteiger partial charge in [-0.15, -0.1) is 0 Å². The van der Waals surface area contributed by atoms with Gasteiger partial charge in [-0.25, -0.2) is 4.79 Å². The molecule has 1 aliphatic rings. The largest absolute Gasteiger partial charge is 0.497 e. The number of aliphatic hydroxyl groups excluding tert-OH is 1. The molecule has 8 heteroatoms. The fourth-order valence-corrected chi connectivity index (χ4v) is 2.69. The van der Waals surface area contributed by atoms with Crippen LogP contribution in [0.25, 0.3) is 0 Å². The van der Waals surface area contributed by atoms with Crippen LogP contribution in [-0.2, 0) is 4.74 Å². The Morgan fingerprint density at radius 1 is 1.39 bits per heavy atom. The highest BCUT2D eigenvalue weighted by molar-refractivity contribution is 5.80. The number of ether oxygens (including phenoxy) is 2. The second kappa shape index (κ2) is 9.64. The number of carbonyl (C=O) groups excluding carboxylic acids is 1. The molecule has 1 heterocycles. The molecule has 8 nitrogen and oxygen atoms in total. The number of nitrogens with one attached hydrogen (secondary N) is 2.